The summed E-state index contributed by atoms with van der Waals surface area (Å²) in [5.41, 5.74) is 5.92. The van der Waals surface area contributed by atoms with E-state index >= 15 is 0 Å². The number of rotatable bonds is 5. The number of aryl methyl sites for hydroxylation is 1. The fourth-order valence-electron chi connectivity index (χ4n) is 5.28. The van der Waals surface area contributed by atoms with E-state index in [1.54, 1.807) is 13.3 Å². The third-order valence-corrected chi connectivity index (χ3v) is 7.45. The van der Waals surface area contributed by atoms with Crippen molar-refractivity contribution in [3.63, 3.8) is 0 Å². The lowest BCUT2D eigenvalue weighted by Crippen LogP contribution is -2.29. The normalized spacial score (nSPS) is 18.3. The van der Waals surface area contributed by atoms with Gasteiger partial charge in [-0.2, -0.15) is 0 Å². The monoisotopic (exact) mass is 532 g/mol. The summed E-state index contributed by atoms with van der Waals surface area (Å²) in [5.74, 6) is 2.17. The van der Waals surface area contributed by atoms with Gasteiger partial charge in [-0.3, -0.25) is 4.98 Å². The van der Waals surface area contributed by atoms with Gasteiger partial charge in [0.05, 0.1) is 30.6 Å². The Bertz CT molecular complexity index is 1510. The molecule has 188 valence electrons. The van der Waals surface area contributed by atoms with Crippen LogP contribution in [0, 0.1) is 13.8 Å². The number of hydrogen-bond acceptors (Lipinski definition) is 5. The lowest BCUT2D eigenvalue weighted by Gasteiger charge is -2.28. The van der Waals surface area contributed by atoms with Crippen molar-refractivity contribution in [3.05, 3.63) is 94.5 Å². The summed E-state index contributed by atoms with van der Waals surface area (Å²) in [6.45, 7) is 4.40. The molecule has 0 unspecified atom stereocenters. The Morgan fingerprint density at radius 3 is 2.68 bits per heavy atom. The van der Waals surface area contributed by atoms with E-state index in [9.17, 15) is 0 Å². The molecule has 1 saturated heterocycles. The van der Waals surface area contributed by atoms with Gasteiger partial charge in [0.15, 0.2) is 16.6 Å². The molecule has 0 amide bonds. The number of fused-ring (bicyclic) bond motifs is 1. The van der Waals surface area contributed by atoms with E-state index < -0.39 is 0 Å². The SMILES string of the molecule is COc1ccc(Cl)cc1-n1c(C)cc([C@H]2[C@@H](c3ccccn3)NC(=S)N2c2ccc3c(c2)OCO3)c1C. The lowest BCUT2D eigenvalue weighted by atomic mass is 9.96. The first kappa shape index (κ1) is 23.6. The van der Waals surface area contributed by atoms with E-state index in [4.69, 9.17) is 38.0 Å². The molecule has 7 nitrogen and oxygen atoms in total. The molecule has 1 fully saturated rings. The van der Waals surface area contributed by atoms with Gasteiger partial charge in [-0.1, -0.05) is 17.7 Å². The smallest absolute Gasteiger partial charge is 0.231 e. The summed E-state index contributed by atoms with van der Waals surface area (Å²) < 4.78 is 19.1. The second-order valence-electron chi connectivity index (χ2n) is 9.01. The first-order chi connectivity index (χ1) is 18.0. The van der Waals surface area contributed by atoms with Crippen LogP contribution in [0.2, 0.25) is 5.02 Å². The second kappa shape index (κ2) is 9.28. The Kier molecular flexibility index (Phi) is 5.93. The summed E-state index contributed by atoms with van der Waals surface area (Å²) >= 11 is 12.3. The Morgan fingerprint density at radius 2 is 1.89 bits per heavy atom. The van der Waals surface area contributed by atoms with E-state index in [-0.39, 0.29) is 18.9 Å². The molecule has 2 aromatic heterocycles. The standard InChI is InChI=1S/C28H25ClN4O3S/c1-16-12-20(17(2)32(16)22-13-18(29)7-9-23(22)34-3)27-26(21-6-4-5-11-30-21)31-28(37)33(27)19-8-10-24-25(14-19)36-15-35-24/h4-14,26-27H,15H2,1-3H3,(H,31,37)/t26-,27+/m1/s1. The highest BCUT2D eigenvalue weighted by Crippen LogP contribution is 2.46. The summed E-state index contributed by atoms with van der Waals surface area (Å²) in [7, 11) is 1.67. The van der Waals surface area contributed by atoms with Gasteiger partial charge in [0.25, 0.3) is 0 Å². The molecule has 2 atom stereocenters. The van der Waals surface area contributed by atoms with Crippen molar-refractivity contribution in [3.8, 4) is 22.9 Å². The average Bonchev–Trinajstić information content (AvgIpc) is 3.59. The topological polar surface area (TPSA) is 60.8 Å². The molecule has 6 rings (SSSR count). The zero-order chi connectivity index (χ0) is 25.7. The average molecular weight is 533 g/mol. The summed E-state index contributed by atoms with van der Waals surface area (Å²) in [6, 6.07) is 19.3. The van der Waals surface area contributed by atoms with Crippen LogP contribution < -0.4 is 24.4 Å². The van der Waals surface area contributed by atoms with E-state index in [0.29, 0.717) is 15.9 Å². The zero-order valence-corrected chi connectivity index (χ0v) is 22.1. The molecule has 4 aromatic rings. The summed E-state index contributed by atoms with van der Waals surface area (Å²) in [4.78, 5) is 6.81. The van der Waals surface area contributed by atoms with Gasteiger partial charge in [0.2, 0.25) is 6.79 Å². The minimum absolute atomic E-state index is 0.172. The van der Waals surface area contributed by atoms with Crippen LogP contribution in [0.15, 0.2) is 66.9 Å². The van der Waals surface area contributed by atoms with Crippen LogP contribution in [0.3, 0.4) is 0 Å². The van der Waals surface area contributed by atoms with Crippen molar-refractivity contribution in [1.29, 1.82) is 0 Å². The number of methoxy groups -OCH3 is 1. The number of benzene rings is 2. The number of thiocarbonyl (C=S) groups is 1. The van der Waals surface area contributed by atoms with Crippen LogP contribution in [-0.2, 0) is 0 Å². The van der Waals surface area contributed by atoms with Crippen molar-refractivity contribution in [2.75, 3.05) is 18.8 Å². The summed E-state index contributed by atoms with van der Waals surface area (Å²) in [5, 5.41) is 4.79. The van der Waals surface area contributed by atoms with Crippen molar-refractivity contribution < 1.29 is 14.2 Å². The first-order valence-corrected chi connectivity index (χ1v) is 12.7. The molecule has 0 spiro atoms. The van der Waals surface area contributed by atoms with Crippen LogP contribution in [0.25, 0.3) is 5.69 Å². The van der Waals surface area contributed by atoms with Crippen LogP contribution >= 0.6 is 23.8 Å². The summed E-state index contributed by atoms with van der Waals surface area (Å²) in [6.07, 6.45) is 1.81. The van der Waals surface area contributed by atoms with Crippen LogP contribution in [0.5, 0.6) is 17.2 Å². The fourth-order valence-corrected chi connectivity index (χ4v) is 5.79. The number of ether oxygens (including phenoxy) is 3. The third-order valence-electron chi connectivity index (χ3n) is 6.90. The molecule has 37 heavy (non-hydrogen) atoms. The molecule has 2 aromatic carbocycles. The molecule has 0 saturated carbocycles. The Balaban J connectivity index is 1.53. The van der Waals surface area contributed by atoms with Crippen molar-refractivity contribution in [1.82, 2.24) is 14.9 Å². The first-order valence-electron chi connectivity index (χ1n) is 11.9. The Hall–Kier alpha value is -3.75. The number of hydrogen-bond donors (Lipinski definition) is 1. The van der Waals surface area contributed by atoms with E-state index in [1.807, 2.05) is 54.6 Å². The molecule has 2 aliphatic rings. The highest BCUT2D eigenvalue weighted by atomic mass is 35.5. The van der Waals surface area contributed by atoms with Gasteiger partial charge in [-0.25, -0.2) is 0 Å². The van der Waals surface area contributed by atoms with E-state index in [1.165, 1.54) is 0 Å². The fraction of sp³-hybridized carbons (Fsp3) is 0.214. The number of halogens is 1. The van der Waals surface area contributed by atoms with Gasteiger partial charge in [0.1, 0.15) is 5.75 Å². The van der Waals surface area contributed by atoms with Crippen LogP contribution in [0.4, 0.5) is 5.69 Å². The third kappa shape index (κ3) is 3.97. The molecule has 2 aliphatic heterocycles. The maximum atomic E-state index is 6.40. The molecule has 4 heterocycles. The highest BCUT2D eigenvalue weighted by molar-refractivity contribution is 7.80. The van der Waals surface area contributed by atoms with E-state index in [2.05, 4.69) is 39.7 Å². The number of anilines is 1. The molecular weight excluding hydrogens is 508 g/mol. The van der Waals surface area contributed by atoms with Gasteiger partial charge >= 0.3 is 0 Å². The molecular formula is C28H25ClN4O3S. The number of aromatic nitrogens is 2. The van der Waals surface area contributed by atoms with Gasteiger partial charge in [-0.15, -0.1) is 0 Å². The van der Waals surface area contributed by atoms with Gasteiger partial charge in [0, 0.05) is 34.4 Å². The van der Waals surface area contributed by atoms with Gasteiger partial charge in [-0.05, 0) is 80.2 Å². The maximum absolute atomic E-state index is 6.40. The number of pyridine rings is 1. The molecule has 0 aliphatic carbocycles. The minimum Gasteiger partial charge on any atom is -0.495 e. The maximum Gasteiger partial charge on any atom is 0.231 e. The van der Waals surface area contributed by atoms with Gasteiger partial charge < -0.3 is 29.0 Å². The van der Waals surface area contributed by atoms with Crippen LogP contribution in [-0.4, -0.2) is 28.6 Å². The van der Waals surface area contributed by atoms with Crippen molar-refractivity contribution in [2.45, 2.75) is 25.9 Å². The molecule has 0 radical (unpaired) electrons. The Labute approximate surface area is 225 Å². The lowest BCUT2D eigenvalue weighted by molar-refractivity contribution is 0.174. The molecule has 1 N–H and O–H groups in total. The number of nitrogens with one attached hydrogen (secondary N) is 1. The Morgan fingerprint density at radius 1 is 1.05 bits per heavy atom. The van der Waals surface area contributed by atoms with Crippen molar-refractivity contribution in [2.24, 2.45) is 0 Å². The predicted octanol–water partition coefficient (Wildman–Crippen LogP) is 6.06. The molecule has 9 heteroatoms. The van der Waals surface area contributed by atoms with Crippen LogP contribution in [0.1, 0.15) is 34.7 Å². The number of nitrogens with zero attached hydrogens (tertiary/aromatic N) is 3. The highest BCUT2D eigenvalue weighted by Gasteiger charge is 2.42. The zero-order valence-electron chi connectivity index (χ0n) is 20.6. The largest absolute Gasteiger partial charge is 0.495 e. The van der Waals surface area contributed by atoms with E-state index in [0.717, 1.165) is 45.5 Å². The van der Waals surface area contributed by atoms with Crippen molar-refractivity contribution >= 4 is 34.6 Å². The quantitative estimate of drug-likeness (QED) is 0.314. The second-order valence-corrected chi connectivity index (χ2v) is 9.84. The predicted molar refractivity (Wildman–Crippen MR) is 147 cm³/mol. The molecule has 0 bridgehead atoms. The minimum atomic E-state index is -0.173.